The minimum Gasteiger partial charge on any atom is -0.493 e. The number of nitrogens with one attached hydrogen (secondary N) is 1. The highest BCUT2D eigenvalue weighted by Crippen LogP contribution is 2.27. The second-order valence-electron chi connectivity index (χ2n) is 5.12. The molecule has 0 aromatic heterocycles. The van der Waals surface area contributed by atoms with Gasteiger partial charge in [0.1, 0.15) is 0 Å². The molecule has 5 nitrogen and oxygen atoms in total. The monoisotopic (exact) mass is 320 g/mol. The summed E-state index contributed by atoms with van der Waals surface area (Å²) in [5, 5.41) is 2.90. The molecule has 1 amide bonds. The summed E-state index contributed by atoms with van der Waals surface area (Å²) < 4.78 is 10.4. The van der Waals surface area contributed by atoms with Crippen LogP contribution in [0.2, 0.25) is 0 Å². The Morgan fingerprint density at radius 3 is 2.48 bits per heavy atom. The van der Waals surface area contributed by atoms with Gasteiger partial charge in [-0.25, -0.2) is 0 Å². The number of ether oxygens (including phenoxy) is 2. The number of carbonyl (C=O) groups is 1. The van der Waals surface area contributed by atoms with Crippen LogP contribution in [-0.2, 0) is 4.79 Å². The summed E-state index contributed by atoms with van der Waals surface area (Å²) in [5.74, 6) is 1.24. The topological polar surface area (TPSA) is 50.8 Å². The lowest BCUT2D eigenvalue weighted by atomic mass is 10.2. The van der Waals surface area contributed by atoms with Gasteiger partial charge >= 0.3 is 0 Å². The molecule has 5 heteroatoms. The van der Waals surface area contributed by atoms with Crippen molar-refractivity contribution in [2.45, 2.75) is 20.3 Å². The smallest absolute Gasteiger partial charge is 0.243 e. The van der Waals surface area contributed by atoms with Crippen molar-refractivity contribution in [2.24, 2.45) is 0 Å². The van der Waals surface area contributed by atoms with E-state index in [-0.39, 0.29) is 5.91 Å². The molecule has 0 atom stereocenters. The molecule has 128 valence electrons. The van der Waals surface area contributed by atoms with Gasteiger partial charge in [-0.2, -0.15) is 0 Å². The predicted octanol–water partition coefficient (Wildman–Crippen LogP) is 2.57. The third-order valence-electron chi connectivity index (χ3n) is 3.68. The molecule has 0 aliphatic carbocycles. The number of methoxy groups -OCH3 is 2. The molecule has 0 saturated carbocycles. The average molecular weight is 320 g/mol. The molecule has 0 saturated heterocycles. The van der Waals surface area contributed by atoms with E-state index >= 15 is 0 Å². The van der Waals surface area contributed by atoms with Gasteiger partial charge in [0.25, 0.3) is 0 Å². The fourth-order valence-corrected chi connectivity index (χ4v) is 2.24. The van der Waals surface area contributed by atoms with Gasteiger partial charge in [-0.15, -0.1) is 0 Å². The zero-order chi connectivity index (χ0) is 17.1. The van der Waals surface area contributed by atoms with E-state index in [1.165, 1.54) is 0 Å². The summed E-state index contributed by atoms with van der Waals surface area (Å²) in [6.07, 6.45) is 4.26. The predicted molar refractivity (Wildman–Crippen MR) is 94.0 cm³/mol. The minimum absolute atomic E-state index is 0.0840. The lowest BCUT2D eigenvalue weighted by molar-refractivity contribution is -0.116. The molecule has 0 aliphatic heterocycles. The first-order chi connectivity index (χ1) is 11.1. The number of hydrogen-bond acceptors (Lipinski definition) is 4. The molecule has 0 aliphatic rings. The summed E-state index contributed by atoms with van der Waals surface area (Å²) >= 11 is 0. The van der Waals surface area contributed by atoms with Crippen molar-refractivity contribution < 1.29 is 14.3 Å². The largest absolute Gasteiger partial charge is 0.493 e. The Labute approximate surface area is 139 Å². The number of nitrogens with zero attached hydrogens (tertiary/aromatic N) is 1. The quantitative estimate of drug-likeness (QED) is 0.532. The van der Waals surface area contributed by atoms with Crippen LogP contribution in [-0.4, -0.2) is 51.2 Å². The summed E-state index contributed by atoms with van der Waals surface area (Å²) in [5.41, 5.74) is 0.890. The molecule has 1 N–H and O–H groups in total. The zero-order valence-corrected chi connectivity index (χ0v) is 14.6. The lowest BCUT2D eigenvalue weighted by Gasteiger charge is -2.17. The summed E-state index contributed by atoms with van der Waals surface area (Å²) in [6.45, 7) is 8.08. The summed E-state index contributed by atoms with van der Waals surface area (Å²) in [6, 6.07) is 5.54. The Hall–Kier alpha value is -2.01. The highest BCUT2D eigenvalue weighted by Gasteiger charge is 2.03. The Morgan fingerprint density at radius 2 is 1.87 bits per heavy atom. The van der Waals surface area contributed by atoms with Crippen LogP contribution in [0.25, 0.3) is 6.08 Å². The van der Waals surface area contributed by atoms with Crippen LogP contribution < -0.4 is 14.8 Å². The van der Waals surface area contributed by atoms with Crippen LogP contribution in [0.1, 0.15) is 25.8 Å². The molecule has 0 spiro atoms. The van der Waals surface area contributed by atoms with Crippen LogP contribution in [0.5, 0.6) is 11.5 Å². The normalized spacial score (nSPS) is 11.0. The average Bonchev–Trinajstić information content (AvgIpc) is 2.59. The van der Waals surface area contributed by atoms with Crippen molar-refractivity contribution in [1.29, 1.82) is 0 Å². The van der Waals surface area contributed by atoms with E-state index in [2.05, 4.69) is 24.1 Å². The van der Waals surface area contributed by atoms with E-state index in [9.17, 15) is 4.79 Å². The van der Waals surface area contributed by atoms with Crippen LogP contribution in [0.15, 0.2) is 24.3 Å². The van der Waals surface area contributed by atoms with Gasteiger partial charge in [0.05, 0.1) is 14.2 Å². The standard InChI is InChI=1S/C18H28N2O3/c1-5-20(6-2)13-7-12-19-18(21)11-9-15-8-10-16(22-3)17(14-15)23-4/h8-11,14H,5-7,12-13H2,1-4H3,(H,19,21). The Bertz CT molecular complexity index is 511. The second-order valence-corrected chi connectivity index (χ2v) is 5.12. The Kier molecular flexibility index (Phi) is 8.83. The van der Waals surface area contributed by atoms with Gasteiger partial charge in [-0.05, 0) is 49.8 Å². The summed E-state index contributed by atoms with van der Waals surface area (Å²) in [7, 11) is 3.19. The minimum atomic E-state index is -0.0840. The first-order valence-corrected chi connectivity index (χ1v) is 8.04. The van der Waals surface area contributed by atoms with Crippen LogP contribution in [0.4, 0.5) is 0 Å². The van der Waals surface area contributed by atoms with Gasteiger partial charge in [0, 0.05) is 12.6 Å². The molecule has 0 bridgehead atoms. The lowest BCUT2D eigenvalue weighted by Crippen LogP contribution is -2.29. The van der Waals surface area contributed by atoms with Gasteiger partial charge < -0.3 is 19.7 Å². The maximum Gasteiger partial charge on any atom is 0.243 e. The first kappa shape index (κ1) is 19.0. The highest BCUT2D eigenvalue weighted by molar-refractivity contribution is 5.91. The van der Waals surface area contributed by atoms with Crippen molar-refractivity contribution in [1.82, 2.24) is 10.2 Å². The number of carbonyl (C=O) groups excluding carboxylic acids is 1. The van der Waals surface area contributed by atoms with Crippen molar-refractivity contribution in [3.63, 3.8) is 0 Å². The van der Waals surface area contributed by atoms with E-state index in [1.807, 2.05) is 18.2 Å². The van der Waals surface area contributed by atoms with Crippen LogP contribution in [0, 0.1) is 0 Å². The van der Waals surface area contributed by atoms with Gasteiger partial charge in [-0.3, -0.25) is 4.79 Å². The molecule has 1 aromatic carbocycles. The van der Waals surface area contributed by atoms with Gasteiger partial charge in [0.15, 0.2) is 11.5 Å². The second kappa shape index (κ2) is 10.7. The van der Waals surface area contributed by atoms with Crippen molar-refractivity contribution in [3.8, 4) is 11.5 Å². The van der Waals surface area contributed by atoms with Gasteiger partial charge in [-0.1, -0.05) is 19.9 Å². The van der Waals surface area contributed by atoms with E-state index in [0.29, 0.717) is 18.0 Å². The number of benzene rings is 1. The van der Waals surface area contributed by atoms with Crippen LogP contribution in [0.3, 0.4) is 0 Å². The molecule has 23 heavy (non-hydrogen) atoms. The molecular weight excluding hydrogens is 292 g/mol. The fraction of sp³-hybridized carbons (Fsp3) is 0.500. The van der Waals surface area contributed by atoms with Crippen LogP contribution >= 0.6 is 0 Å². The number of hydrogen-bond donors (Lipinski definition) is 1. The number of rotatable bonds is 10. The third-order valence-corrected chi connectivity index (χ3v) is 3.68. The SMILES string of the molecule is CCN(CC)CCCNC(=O)C=Cc1ccc(OC)c(OC)c1. The Morgan fingerprint density at radius 1 is 1.17 bits per heavy atom. The fourth-order valence-electron chi connectivity index (χ4n) is 2.24. The zero-order valence-electron chi connectivity index (χ0n) is 14.6. The highest BCUT2D eigenvalue weighted by atomic mass is 16.5. The molecule has 0 fully saturated rings. The number of amides is 1. The molecule has 0 radical (unpaired) electrons. The maximum atomic E-state index is 11.8. The molecule has 0 unspecified atom stereocenters. The maximum absolute atomic E-state index is 11.8. The Balaban J connectivity index is 2.43. The molecular formula is C18H28N2O3. The van der Waals surface area contributed by atoms with Crippen molar-refractivity contribution in [3.05, 3.63) is 29.8 Å². The van der Waals surface area contributed by atoms with E-state index in [1.54, 1.807) is 26.4 Å². The molecule has 0 heterocycles. The summed E-state index contributed by atoms with van der Waals surface area (Å²) in [4.78, 5) is 14.1. The molecule has 1 aromatic rings. The third kappa shape index (κ3) is 6.74. The first-order valence-electron chi connectivity index (χ1n) is 8.04. The molecule has 1 rings (SSSR count). The van der Waals surface area contributed by atoms with E-state index < -0.39 is 0 Å². The van der Waals surface area contributed by atoms with E-state index in [0.717, 1.165) is 31.6 Å². The van der Waals surface area contributed by atoms with Crippen molar-refractivity contribution >= 4 is 12.0 Å². The van der Waals surface area contributed by atoms with E-state index in [4.69, 9.17) is 9.47 Å². The van der Waals surface area contributed by atoms with Gasteiger partial charge in [0.2, 0.25) is 5.91 Å². The van der Waals surface area contributed by atoms with Crippen molar-refractivity contribution in [2.75, 3.05) is 40.4 Å².